The number of unbranched alkanes of at least 4 members (excludes halogenated alkanes) is 9. The van der Waals surface area contributed by atoms with Crippen molar-refractivity contribution in [2.45, 2.75) is 90.4 Å². The topological polar surface area (TPSA) is 58.4 Å². The van der Waals surface area contributed by atoms with E-state index in [1.807, 2.05) is 7.05 Å². The van der Waals surface area contributed by atoms with Crippen LogP contribution in [-0.4, -0.2) is 45.5 Å². The van der Waals surface area contributed by atoms with E-state index in [1.165, 1.54) is 51.4 Å². The zero-order valence-corrected chi connectivity index (χ0v) is 23.3. The van der Waals surface area contributed by atoms with Gasteiger partial charge in [0.25, 0.3) is 0 Å². The van der Waals surface area contributed by atoms with E-state index in [2.05, 4.69) is 34.6 Å². The minimum atomic E-state index is -0.681. The Hall–Kier alpha value is -1.46. The van der Waals surface area contributed by atoms with Crippen LogP contribution in [0.5, 0.6) is 0 Å². The van der Waals surface area contributed by atoms with Crippen molar-refractivity contribution >= 4 is 45.9 Å². The van der Waals surface area contributed by atoms with Gasteiger partial charge >= 0.3 is 5.97 Å². The van der Waals surface area contributed by atoms with Crippen LogP contribution in [0.25, 0.3) is 11.0 Å². The van der Waals surface area contributed by atoms with Crippen LogP contribution in [0.2, 0.25) is 0 Å². The summed E-state index contributed by atoms with van der Waals surface area (Å²) in [5.74, 6) is 1.03. The number of alkyl halides is 2. The molecule has 2 rings (SSSR count). The minimum absolute atomic E-state index is 0.303. The van der Waals surface area contributed by atoms with Crippen LogP contribution in [-0.2, 0) is 18.3 Å². The summed E-state index contributed by atoms with van der Waals surface area (Å²) in [4.78, 5) is 18.9. The second-order valence-corrected chi connectivity index (χ2v) is 10.4. The Morgan fingerprint density at radius 1 is 0.971 bits per heavy atom. The number of aliphatic carboxylic acids is 1. The van der Waals surface area contributed by atoms with Gasteiger partial charge < -0.3 is 14.6 Å². The van der Waals surface area contributed by atoms with Gasteiger partial charge in [0.05, 0.1) is 17.0 Å². The Labute approximate surface area is 222 Å². The molecule has 0 fully saturated rings. The smallest absolute Gasteiger partial charge is 0.306 e. The molecule has 0 bridgehead atoms. The Bertz CT molecular complexity index is 865. The number of halogens is 2. The van der Waals surface area contributed by atoms with Gasteiger partial charge in [0.1, 0.15) is 5.82 Å². The number of hydrogen-bond donors (Lipinski definition) is 1. The first kappa shape index (κ1) is 29.8. The number of benzene rings is 1. The number of carboxylic acids is 1. The quantitative estimate of drug-likeness (QED) is 0.141. The monoisotopic (exact) mass is 525 g/mol. The fourth-order valence-corrected chi connectivity index (χ4v) is 5.21. The van der Waals surface area contributed by atoms with Gasteiger partial charge in [-0.25, -0.2) is 4.98 Å². The number of imidazole rings is 1. The molecule has 1 N–H and O–H groups in total. The van der Waals surface area contributed by atoms with E-state index in [4.69, 9.17) is 28.2 Å². The van der Waals surface area contributed by atoms with Crippen molar-refractivity contribution < 1.29 is 9.90 Å². The van der Waals surface area contributed by atoms with Crippen LogP contribution in [0.1, 0.15) is 89.8 Å². The molecular weight excluding hydrogens is 481 g/mol. The van der Waals surface area contributed by atoms with Gasteiger partial charge in [-0.2, -0.15) is 0 Å². The molecule has 198 valence electrons. The number of rotatable bonds is 20. The molecule has 0 aliphatic carbocycles. The molecule has 0 spiro atoms. The lowest BCUT2D eigenvalue weighted by atomic mass is 9.95. The van der Waals surface area contributed by atoms with Gasteiger partial charge in [0.2, 0.25) is 0 Å². The number of fused-ring (bicyclic) bond motifs is 1. The molecule has 1 aromatic heterocycles. The molecule has 1 heterocycles. The molecule has 1 unspecified atom stereocenters. The second-order valence-electron chi connectivity index (χ2n) is 9.67. The first-order chi connectivity index (χ1) is 17.0. The predicted octanol–water partition coefficient (Wildman–Crippen LogP) is 7.80. The average Bonchev–Trinajstić information content (AvgIpc) is 3.16. The maximum absolute atomic E-state index is 11.9. The number of nitrogens with zero attached hydrogens (tertiary/aromatic N) is 3. The summed E-state index contributed by atoms with van der Waals surface area (Å²) in [7, 11) is 2.01. The number of carboxylic acid groups (broad SMARTS) is 1. The van der Waals surface area contributed by atoms with Gasteiger partial charge in [-0.05, 0) is 31.0 Å². The lowest BCUT2D eigenvalue weighted by Crippen LogP contribution is -2.27. The first-order valence-corrected chi connectivity index (χ1v) is 14.6. The third kappa shape index (κ3) is 10.2. The molecule has 0 aliphatic heterocycles. The Morgan fingerprint density at radius 2 is 1.57 bits per heavy atom. The van der Waals surface area contributed by atoms with Gasteiger partial charge in [-0.3, -0.25) is 4.79 Å². The Morgan fingerprint density at radius 3 is 2.14 bits per heavy atom. The van der Waals surface area contributed by atoms with Crippen LogP contribution < -0.4 is 4.90 Å². The van der Waals surface area contributed by atoms with E-state index >= 15 is 0 Å². The molecule has 35 heavy (non-hydrogen) atoms. The molecule has 0 radical (unpaired) electrons. The summed E-state index contributed by atoms with van der Waals surface area (Å²) in [5.41, 5.74) is 3.05. The van der Waals surface area contributed by atoms with E-state index in [0.29, 0.717) is 24.6 Å². The van der Waals surface area contributed by atoms with Crippen molar-refractivity contribution in [1.29, 1.82) is 0 Å². The molecule has 1 atom stereocenters. The highest BCUT2D eigenvalue weighted by molar-refractivity contribution is 6.18. The van der Waals surface area contributed by atoms with Crippen molar-refractivity contribution in [1.82, 2.24) is 9.55 Å². The van der Waals surface area contributed by atoms with E-state index in [1.54, 1.807) is 0 Å². The third-order valence-corrected chi connectivity index (χ3v) is 7.34. The van der Waals surface area contributed by atoms with Crippen LogP contribution in [0.15, 0.2) is 18.2 Å². The zero-order valence-electron chi connectivity index (χ0n) is 21.8. The van der Waals surface area contributed by atoms with Crippen LogP contribution in [0.3, 0.4) is 0 Å². The van der Waals surface area contributed by atoms with Gasteiger partial charge in [-0.15, -0.1) is 23.2 Å². The summed E-state index contributed by atoms with van der Waals surface area (Å²) in [6, 6.07) is 6.24. The van der Waals surface area contributed by atoms with E-state index < -0.39 is 5.97 Å². The largest absolute Gasteiger partial charge is 0.481 e. The highest BCUT2D eigenvalue weighted by Gasteiger charge is 2.19. The molecule has 0 saturated heterocycles. The zero-order chi connectivity index (χ0) is 25.5. The van der Waals surface area contributed by atoms with Crippen molar-refractivity contribution in [3.63, 3.8) is 0 Å². The summed E-state index contributed by atoms with van der Waals surface area (Å²) in [6.07, 6.45) is 14.7. The molecule has 0 amide bonds. The van der Waals surface area contributed by atoms with Gasteiger partial charge in [0.15, 0.2) is 0 Å². The molecule has 5 nitrogen and oxygen atoms in total. The van der Waals surface area contributed by atoms with Crippen molar-refractivity contribution in [3.8, 4) is 0 Å². The lowest BCUT2D eigenvalue weighted by molar-refractivity contribution is -0.142. The standard InChI is InChI=1S/C28H45Cl2N3O2/c1-3-4-5-6-7-8-9-10-11-12-13-23(28(34)35)14-17-27-31-25-22-24(15-16-26(25)32(27)2)33(20-18-29)21-19-30/h15-16,22-23H,3-14,17-21H2,1-2H3,(H,34,35). The summed E-state index contributed by atoms with van der Waals surface area (Å²) >= 11 is 11.9. The highest BCUT2D eigenvalue weighted by Crippen LogP contribution is 2.25. The van der Waals surface area contributed by atoms with Crippen LogP contribution in [0, 0.1) is 5.92 Å². The summed E-state index contributed by atoms with van der Waals surface area (Å²) in [6.45, 7) is 3.72. The molecule has 0 aliphatic rings. The van der Waals surface area contributed by atoms with Crippen molar-refractivity contribution in [2.24, 2.45) is 13.0 Å². The first-order valence-electron chi connectivity index (χ1n) is 13.6. The third-order valence-electron chi connectivity index (χ3n) is 7.00. The minimum Gasteiger partial charge on any atom is -0.481 e. The van der Waals surface area contributed by atoms with Crippen molar-refractivity contribution in [3.05, 3.63) is 24.0 Å². The van der Waals surface area contributed by atoms with E-state index in [-0.39, 0.29) is 5.92 Å². The molecular formula is C28H45Cl2N3O2. The van der Waals surface area contributed by atoms with E-state index in [9.17, 15) is 9.90 Å². The second kappa shape index (κ2) is 17.1. The maximum Gasteiger partial charge on any atom is 0.306 e. The number of anilines is 1. The van der Waals surface area contributed by atoms with Crippen molar-refractivity contribution in [2.75, 3.05) is 29.7 Å². The molecule has 2 aromatic rings. The summed E-state index contributed by atoms with van der Waals surface area (Å²) < 4.78 is 2.09. The SMILES string of the molecule is CCCCCCCCCCCCC(CCc1nc2cc(N(CCCl)CCCl)ccc2n1C)C(=O)O. The average molecular weight is 527 g/mol. The predicted molar refractivity (Wildman–Crippen MR) is 150 cm³/mol. The number of aromatic nitrogens is 2. The number of carbonyl (C=O) groups is 1. The van der Waals surface area contributed by atoms with Crippen LogP contribution in [0.4, 0.5) is 5.69 Å². The number of aryl methyl sites for hydroxylation is 2. The molecule has 1 aromatic carbocycles. The lowest BCUT2D eigenvalue weighted by Gasteiger charge is -2.22. The number of hydrogen-bond acceptors (Lipinski definition) is 3. The Kier molecular flexibility index (Phi) is 14.5. The molecule has 0 saturated carbocycles. The summed E-state index contributed by atoms with van der Waals surface area (Å²) in [5, 5.41) is 9.75. The van der Waals surface area contributed by atoms with Gasteiger partial charge in [0, 0.05) is 44.0 Å². The highest BCUT2D eigenvalue weighted by atomic mass is 35.5. The molecule has 7 heteroatoms. The maximum atomic E-state index is 11.9. The van der Waals surface area contributed by atoms with Crippen LogP contribution >= 0.6 is 23.2 Å². The van der Waals surface area contributed by atoms with Gasteiger partial charge in [-0.1, -0.05) is 71.1 Å². The fraction of sp³-hybridized carbons (Fsp3) is 0.714. The Balaban J connectivity index is 1.83. The fourth-order valence-electron chi connectivity index (χ4n) is 4.81. The normalized spacial score (nSPS) is 12.3. The van der Waals surface area contributed by atoms with E-state index in [0.717, 1.165) is 54.9 Å².